The van der Waals surface area contributed by atoms with Crippen molar-refractivity contribution in [2.75, 3.05) is 31.2 Å². The molecule has 1 saturated heterocycles. The normalized spacial score (nSPS) is 19.1. The van der Waals surface area contributed by atoms with Gasteiger partial charge in [0.05, 0.1) is 36.1 Å². The van der Waals surface area contributed by atoms with E-state index in [-0.39, 0.29) is 17.0 Å². The second kappa shape index (κ2) is 8.80. The number of nitrogens with one attached hydrogen (secondary N) is 1. The summed E-state index contributed by atoms with van der Waals surface area (Å²) >= 11 is 0. The van der Waals surface area contributed by atoms with E-state index in [1.807, 2.05) is 0 Å². The first kappa shape index (κ1) is 21.5. The number of hydrogen-bond acceptors (Lipinski definition) is 4. The van der Waals surface area contributed by atoms with Crippen molar-refractivity contribution >= 4 is 23.6 Å². The smallest absolute Gasteiger partial charge is 0.335 e. The van der Waals surface area contributed by atoms with Gasteiger partial charge in [-0.05, 0) is 42.8 Å². The van der Waals surface area contributed by atoms with E-state index in [1.165, 1.54) is 41.3 Å². The van der Waals surface area contributed by atoms with Gasteiger partial charge in [-0.25, -0.2) is 14.0 Å². The van der Waals surface area contributed by atoms with Gasteiger partial charge in [-0.15, -0.1) is 0 Å². The number of amides is 3. The SMILES string of the molecule is CC1=C(C(=O)N2CCOCC2)[C@@H](c2cccc(F)c2)NC(=O)N1c1cccc(C(=O)O)c1. The Labute approximate surface area is 183 Å². The fourth-order valence-corrected chi connectivity index (χ4v) is 3.98. The van der Waals surface area contributed by atoms with Crippen molar-refractivity contribution in [2.24, 2.45) is 0 Å². The fourth-order valence-electron chi connectivity index (χ4n) is 3.98. The molecule has 1 fully saturated rings. The summed E-state index contributed by atoms with van der Waals surface area (Å²) in [5, 5.41) is 12.1. The predicted molar refractivity (Wildman–Crippen MR) is 114 cm³/mol. The number of anilines is 1. The second-order valence-corrected chi connectivity index (χ2v) is 7.53. The van der Waals surface area contributed by atoms with Gasteiger partial charge in [-0.1, -0.05) is 18.2 Å². The number of hydrogen-bond donors (Lipinski definition) is 2. The van der Waals surface area contributed by atoms with E-state index in [9.17, 15) is 23.9 Å². The molecule has 0 radical (unpaired) electrons. The average molecular weight is 439 g/mol. The molecule has 0 spiro atoms. The third-order valence-electron chi connectivity index (χ3n) is 5.55. The van der Waals surface area contributed by atoms with Crippen LogP contribution in [0.25, 0.3) is 0 Å². The Balaban J connectivity index is 1.83. The molecule has 8 nitrogen and oxygen atoms in total. The summed E-state index contributed by atoms with van der Waals surface area (Å²) in [5.74, 6) is -1.91. The van der Waals surface area contributed by atoms with Gasteiger partial charge in [0, 0.05) is 18.8 Å². The fraction of sp³-hybridized carbons (Fsp3) is 0.261. The number of allylic oxidation sites excluding steroid dienone is 1. The largest absolute Gasteiger partial charge is 0.478 e. The lowest BCUT2D eigenvalue weighted by Crippen LogP contribution is -2.51. The van der Waals surface area contributed by atoms with Gasteiger partial charge in [-0.2, -0.15) is 0 Å². The minimum Gasteiger partial charge on any atom is -0.478 e. The molecule has 1 atom stereocenters. The number of ether oxygens (including phenoxy) is 1. The maximum Gasteiger partial charge on any atom is 0.335 e. The van der Waals surface area contributed by atoms with Crippen molar-refractivity contribution in [1.29, 1.82) is 0 Å². The van der Waals surface area contributed by atoms with Gasteiger partial charge in [0.25, 0.3) is 5.91 Å². The van der Waals surface area contributed by atoms with E-state index in [0.717, 1.165) is 0 Å². The molecule has 3 amide bonds. The molecule has 2 aromatic carbocycles. The van der Waals surface area contributed by atoms with Gasteiger partial charge >= 0.3 is 12.0 Å². The van der Waals surface area contributed by atoms with Crippen LogP contribution in [0.3, 0.4) is 0 Å². The van der Waals surface area contributed by atoms with Crippen LogP contribution in [-0.4, -0.2) is 54.2 Å². The molecule has 0 bridgehead atoms. The zero-order chi connectivity index (χ0) is 22.8. The molecular weight excluding hydrogens is 417 g/mol. The highest BCUT2D eigenvalue weighted by Crippen LogP contribution is 2.35. The van der Waals surface area contributed by atoms with E-state index in [4.69, 9.17) is 4.74 Å². The number of morpholine rings is 1. The number of rotatable bonds is 4. The van der Waals surface area contributed by atoms with Crippen molar-refractivity contribution in [3.63, 3.8) is 0 Å². The van der Waals surface area contributed by atoms with Gasteiger partial charge < -0.3 is 20.1 Å². The molecule has 9 heteroatoms. The average Bonchev–Trinajstić information content (AvgIpc) is 2.79. The Morgan fingerprint density at radius 3 is 2.53 bits per heavy atom. The van der Waals surface area contributed by atoms with Gasteiger partial charge in [0.15, 0.2) is 0 Å². The van der Waals surface area contributed by atoms with Crippen molar-refractivity contribution in [2.45, 2.75) is 13.0 Å². The topological polar surface area (TPSA) is 99.2 Å². The maximum atomic E-state index is 14.0. The standard InChI is InChI=1S/C23H22FN3O5/c1-14-19(21(28)26-8-10-32-11-9-26)20(15-4-2-6-17(24)12-15)25-23(31)27(14)18-7-3-5-16(13-18)22(29)30/h2-7,12-13,20H,8-11H2,1H3,(H,25,31)(H,29,30)/t20-/m1/s1. The lowest BCUT2D eigenvalue weighted by molar-refractivity contribution is -0.131. The van der Waals surface area contributed by atoms with Crippen molar-refractivity contribution in [1.82, 2.24) is 10.2 Å². The predicted octanol–water partition coefficient (Wildman–Crippen LogP) is 2.93. The Kier molecular flexibility index (Phi) is 5.91. The van der Waals surface area contributed by atoms with Crippen LogP contribution in [0.4, 0.5) is 14.9 Å². The first-order valence-corrected chi connectivity index (χ1v) is 10.1. The molecule has 2 heterocycles. The van der Waals surface area contributed by atoms with Crippen LogP contribution >= 0.6 is 0 Å². The van der Waals surface area contributed by atoms with Crippen LogP contribution in [0.2, 0.25) is 0 Å². The van der Waals surface area contributed by atoms with Crippen LogP contribution in [0.5, 0.6) is 0 Å². The highest BCUT2D eigenvalue weighted by molar-refractivity contribution is 6.05. The number of carbonyl (C=O) groups is 3. The van der Waals surface area contributed by atoms with Crippen LogP contribution in [0.15, 0.2) is 59.8 Å². The number of urea groups is 1. The van der Waals surface area contributed by atoms with Crippen molar-refractivity contribution in [3.8, 4) is 0 Å². The third-order valence-corrected chi connectivity index (χ3v) is 5.55. The molecule has 32 heavy (non-hydrogen) atoms. The third kappa shape index (κ3) is 4.06. The summed E-state index contributed by atoms with van der Waals surface area (Å²) in [4.78, 5) is 40.9. The number of carboxylic acids is 1. The quantitative estimate of drug-likeness (QED) is 0.763. The van der Waals surface area contributed by atoms with Gasteiger partial charge in [-0.3, -0.25) is 9.69 Å². The molecule has 2 aliphatic heterocycles. The van der Waals surface area contributed by atoms with E-state index >= 15 is 0 Å². The molecule has 2 aliphatic rings. The van der Waals surface area contributed by atoms with Gasteiger partial charge in [0.1, 0.15) is 5.82 Å². The van der Waals surface area contributed by atoms with Gasteiger partial charge in [0.2, 0.25) is 0 Å². The Morgan fingerprint density at radius 1 is 1.12 bits per heavy atom. The van der Waals surface area contributed by atoms with Crippen LogP contribution in [-0.2, 0) is 9.53 Å². The zero-order valence-electron chi connectivity index (χ0n) is 17.4. The Bertz CT molecular complexity index is 1110. The van der Waals surface area contributed by atoms with Crippen LogP contribution < -0.4 is 10.2 Å². The summed E-state index contributed by atoms with van der Waals surface area (Å²) in [6.45, 7) is 3.23. The van der Waals surface area contributed by atoms with Crippen LogP contribution in [0, 0.1) is 5.82 Å². The number of carbonyl (C=O) groups excluding carboxylic acids is 2. The maximum absolute atomic E-state index is 14.0. The molecule has 0 saturated carbocycles. The summed E-state index contributed by atoms with van der Waals surface area (Å²) in [7, 11) is 0. The molecule has 4 rings (SSSR count). The number of halogens is 1. The van der Waals surface area contributed by atoms with E-state index in [0.29, 0.717) is 43.3 Å². The molecule has 0 aliphatic carbocycles. The highest BCUT2D eigenvalue weighted by atomic mass is 19.1. The Morgan fingerprint density at radius 2 is 1.84 bits per heavy atom. The number of nitrogens with zero attached hydrogens (tertiary/aromatic N) is 2. The zero-order valence-corrected chi connectivity index (χ0v) is 17.4. The molecule has 2 aromatic rings. The Hall–Kier alpha value is -3.72. The van der Waals surface area contributed by atoms with Crippen LogP contribution in [0.1, 0.15) is 28.9 Å². The lowest BCUT2D eigenvalue weighted by Gasteiger charge is -2.38. The second-order valence-electron chi connectivity index (χ2n) is 7.53. The van der Waals surface area contributed by atoms with Crippen molar-refractivity contribution in [3.05, 3.63) is 76.7 Å². The molecular formula is C23H22FN3O5. The monoisotopic (exact) mass is 439 g/mol. The molecule has 2 N–H and O–H groups in total. The number of benzene rings is 2. The molecule has 166 valence electrons. The summed E-state index contributed by atoms with van der Waals surface area (Å²) in [6, 6.07) is 10.2. The summed E-state index contributed by atoms with van der Waals surface area (Å²) < 4.78 is 19.3. The summed E-state index contributed by atoms with van der Waals surface area (Å²) in [6.07, 6.45) is 0. The molecule has 0 unspecified atom stereocenters. The minimum absolute atomic E-state index is 0.0106. The number of aromatic carboxylic acids is 1. The van der Waals surface area contributed by atoms with Crippen molar-refractivity contribution < 1.29 is 28.6 Å². The first-order valence-electron chi connectivity index (χ1n) is 10.1. The van der Waals surface area contributed by atoms with E-state index in [2.05, 4.69) is 5.32 Å². The summed E-state index contributed by atoms with van der Waals surface area (Å²) in [5.41, 5.74) is 1.40. The first-order chi connectivity index (χ1) is 15.4. The minimum atomic E-state index is -1.13. The lowest BCUT2D eigenvalue weighted by atomic mass is 9.93. The number of carboxylic acid groups (broad SMARTS) is 1. The van der Waals surface area contributed by atoms with E-state index < -0.39 is 23.9 Å². The van der Waals surface area contributed by atoms with E-state index in [1.54, 1.807) is 24.0 Å². The molecule has 0 aromatic heterocycles. The highest BCUT2D eigenvalue weighted by Gasteiger charge is 2.38.